The Morgan fingerprint density at radius 2 is 2.08 bits per heavy atom. The van der Waals surface area contributed by atoms with Crippen LogP contribution in [-0.4, -0.2) is 36.0 Å². The molecule has 0 aliphatic heterocycles. The molecule has 1 amide bonds. The van der Waals surface area contributed by atoms with E-state index in [0.29, 0.717) is 0 Å². The van der Waals surface area contributed by atoms with Gasteiger partial charge in [0, 0.05) is 29.9 Å². The Labute approximate surface area is 178 Å². The lowest BCUT2D eigenvalue weighted by Crippen LogP contribution is -2.47. The highest BCUT2D eigenvalue weighted by molar-refractivity contribution is 14.0. The lowest BCUT2D eigenvalue weighted by molar-refractivity contribution is -0.126. The van der Waals surface area contributed by atoms with Gasteiger partial charge < -0.3 is 16.0 Å². The molecule has 0 bridgehead atoms. The number of rotatable bonds is 5. The molecular formula is C18H32IN5OS. The number of amides is 1. The summed E-state index contributed by atoms with van der Waals surface area (Å²) in [5.41, 5.74) is 1.08. The minimum absolute atomic E-state index is 0. The molecule has 1 aliphatic rings. The number of carbonyl (C=O) groups is 1. The molecule has 6 nitrogen and oxygen atoms in total. The van der Waals surface area contributed by atoms with Crippen LogP contribution >= 0.6 is 35.3 Å². The van der Waals surface area contributed by atoms with Gasteiger partial charge in [0.15, 0.2) is 5.96 Å². The molecule has 2 unspecified atom stereocenters. The molecule has 8 heteroatoms. The fourth-order valence-corrected chi connectivity index (χ4v) is 4.13. The summed E-state index contributed by atoms with van der Waals surface area (Å²) in [5, 5.41) is 11.0. The summed E-state index contributed by atoms with van der Waals surface area (Å²) < 4.78 is 0. The van der Waals surface area contributed by atoms with Crippen LogP contribution in [0.25, 0.3) is 0 Å². The second kappa shape index (κ2) is 11.1. The van der Waals surface area contributed by atoms with Gasteiger partial charge in [-0.25, -0.2) is 4.98 Å². The molecule has 1 heterocycles. The van der Waals surface area contributed by atoms with Crippen molar-refractivity contribution in [3.05, 3.63) is 15.6 Å². The largest absolute Gasteiger partial charge is 0.354 e. The topological polar surface area (TPSA) is 78.4 Å². The lowest BCUT2D eigenvalue weighted by Gasteiger charge is -2.30. The first-order valence-corrected chi connectivity index (χ1v) is 9.91. The van der Waals surface area contributed by atoms with Crippen LogP contribution in [-0.2, 0) is 11.3 Å². The molecule has 148 valence electrons. The van der Waals surface area contributed by atoms with Crippen molar-refractivity contribution in [1.29, 1.82) is 0 Å². The van der Waals surface area contributed by atoms with Gasteiger partial charge in [0.25, 0.3) is 0 Å². The second-order valence-corrected chi connectivity index (χ2v) is 8.32. The van der Waals surface area contributed by atoms with E-state index in [1.54, 1.807) is 18.4 Å². The number of hydrogen-bond donors (Lipinski definition) is 3. The number of aliphatic imine (C=N–C) groups is 1. The van der Waals surface area contributed by atoms with E-state index < -0.39 is 0 Å². The minimum atomic E-state index is 0. The van der Waals surface area contributed by atoms with Gasteiger partial charge in [-0.15, -0.1) is 35.3 Å². The molecule has 0 radical (unpaired) electrons. The van der Waals surface area contributed by atoms with E-state index in [0.717, 1.165) is 48.9 Å². The van der Waals surface area contributed by atoms with Gasteiger partial charge in [-0.3, -0.25) is 9.79 Å². The Balaban J connectivity index is 0.00000338. The Morgan fingerprint density at radius 1 is 1.35 bits per heavy atom. The van der Waals surface area contributed by atoms with Crippen LogP contribution in [0.1, 0.15) is 55.1 Å². The number of carbonyl (C=O) groups excluding carboxylic acids is 1. The number of halogens is 1. The number of aryl methyl sites for hydroxylation is 2. The molecule has 1 saturated carbocycles. The Kier molecular flexibility index (Phi) is 9.84. The quantitative estimate of drug-likeness (QED) is 0.335. The highest BCUT2D eigenvalue weighted by atomic mass is 127. The summed E-state index contributed by atoms with van der Waals surface area (Å²) in [4.78, 5) is 22.3. The van der Waals surface area contributed by atoms with Crippen LogP contribution in [0.5, 0.6) is 0 Å². The monoisotopic (exact) mass is 493 g/mol. The number of thiazole rings is 1. The number of nitrogens with zero attached hydrogens (tertiary/aromatic N) is 2. The van der Waals surface area contributed by atoms with Crippen molar-refractivity contribution in [2.45, 2.75) is 72.0 Å². The number of nitrogens with one attached hydrogen (secondary N) is 3. The third-order valence-corrected chi connectivity index (χ3v) is 5.53. The number of hydrogen-bond acceptors (Lipinski definition) is 4. The van der Waals surface area contributed by atoms with Gasteiger partial charge in [0.1, 0.15) is 0 Å². The molecule has 0 saturated heterocycles. The van der Waals surface area contributed by atoms with Crippen molar-refractivity contribution in [2.75, 3.05) is 7.05 Å². The average molecular weight is 493 g/mol. The molecule has 1 aromatic heterocycles. The maximum Gasteiger partial charge on any atom is 0.223 e. The Bertz CT molecular complexity index is 617. The molecule has 2 atom stereocenters. The summed E-state index contributed by atoms with van der Waals surface area (Å²) in [6, 6.07) is 0.480. The maximum absolute atomic E-state index is 12.3. The predicted molar refractivity (Wildman–Crippen MR) is 119 cm³/mol. The summed E-state index contributed by atoms with van der Waals surface area (Å²) in [5.74, 6) is 1.07. The zero-order valence-electron chi connectivity index (χ0n) is 16.4. The fraction of sp³-hybridized carbons (Fsp3) is 0.722. The van der Waals surface area contributed by atoms with Gasteiger partial charge in [-0.1, -0.05) is 6.42 Å². The van der Waals surface area contributed by atoms with Crippen molar-refractivity contribution in [1.82, 2.24) is 20.9 Å². The summed E-state index contributed by atoms with van der Waals surface area (Å²) in [6.45, 7) is 8.80. The first kappa shape index (κ1) is 23.1. The SMILES string of the molecule is CN=C(NCc1sc(C)nc1C)NC1CCCC(C(=O)NC(C)C)C1.I. The standard InChI is InChI=1S/C18H31N5OS.HI/c1-11(2)21-17(24)14-7-6-8-15(9-14)23-18(19-5)20-10-16-12(3)22-13(4)25-16;/h11,14-15H,6-10H2,1-5H3,(H,21,24)(H2,19,20,23);1H. The number of aromatic nitrogens is 1. The smallest absolute Gasteiger partial charge is 0.223 e. The van der Waals surface area contributed by atoms with Crippen LogP contribution < -0.4 is 16.0 Å². The van der Waals surface area contributed by atoms with Gasteiger partial charge in [0.05, 0.1) is 17.2 Å². The zero-order chi connectivity index (χ0) is 18.4. The summed E-state index contributed by atoms with van der Waals surface area (Å²) in [6.07, 6.45) is 3.98. The molecular weight excluding hydrogens is 461 g/mol. The Hall–Kier alpha value is -0.900. The first-order valence-electron chi connectivity index (χ1n) is 9.09. The molecule has 1 aromatic rings. The molecule has 2 rings (SSSR count). The Morgan fingerprint density at radius 3 is 2.65 bits per heavy atom. The van der Waals surface area contributed by atoms with Gasteiger partial charge >= 0.3 is 0 Å². The summed E-state index contributed by atoms with van der Waals surface area (Å²) >= 11 is 1.71. The van der Waals surface area contributed by atoms with Crippen LogP contribution in [0.2, 0.25) is 0 Å². The zero-order valence-corrected chi connectivity index (χ0v) is 19.5. The van der Waals surface area contributed by atoms with E-state index in [9.17, 15) is 4.79 Å². The van der Waals surface area contributed by atoms with E-state index >= 15 is 0 Å². The number of guanidine groups is 1. The van der Waals surface area contributed by atoms with Crippen molar-refractivity contribution >= 4 is 47.2 Å². The molecule has 1 aliphatic carbocycles. The van der Waals surface area contributed by atoms with Crippen LogP contribution in [0.4, 0.5) is 0 Å². The normalized spacial score (nSPS) is 20.5. The average Bonchev–Trinajstić information content (AvgIpc) is 2.88. The fourth-order valence-electron chi connectivity index (χ4n) is 3.25. The van der Waals surface area contributed by atoms with Crippen LogP contribution in [0.15, 0.2) is 4.99 Å². The molecule has 0 aromatic carbocycles. The van der Waals surface area contributed by atoms with Crippen molar-refractivity contribution in [3.63, 3.8) is 0 Å². The van der Waals surface area contributed by atoms with Crippen molar-refractivity contribution < 1.29 is 4.79 Å². The van der Waals surface area contributed by atoms with E-state index in [2.05, 4.69) is 25.9 Å². The highest BCUT2D eigenvalue weighted by Gasteiger charge is 2.28. The van der Waals surface area contributed by atoms with Crippen molar-refractivity contribution in [2.24, 2.45) is 10.9 Å². The lowest BCUT2D eigenvalue weighted by atomic mass is 9.85. The first-order chi connectivity index (χ1) is 11.9. The third-order valence-electron chi connectivity index (χ3n) is 4.46. The van der Waals surface area contributed by atoms with Gasteiger partial charge in [-0.2, -0.15) is 0 Å². The van der Waals surface area contributed by atoms with E-state index in [1.165, 1.54) is 4.88 Å². The van der Waals surface area contributed by atoms with Crippen molar-refractivity contribution in [3.8, 4) is 0 Å². The van der Waals surface area contributed by atoms with Crippen LogP contribution in [0, 0.1) is 19.8 Å². The minimum Gasteiger partial charge on any atom is -0.354 e. The van der Waals surface area contributed by atoms with Crippen LogP contribution in [0.3, 0.4) is 0 Å². The van der Waals surface area contributed by atoms with E-state index in [-0.39, 0.29) is 47.9 Å². The molecule has 0 spiro atoms. The van der Waals surface area contributed by atoms with E-state index in [4.69, 9.17) is 0 Å². The molecule has 26 heavy (non-hydrogen) atoms. The van der Waals surface area contributed by atoms with E-state index in [1.807, 2.05) is 27.7 Å². The predicted octanol–water partition coefficient (Wildman–Crippen LogP) is 3.13. The third kappa shape index (κ3) is 7.02. The highest BCUT2D eigenvalue weighted by Crippen LogP contribution is 2.24. The molecule has 3 N–H and O–H groups in total. The maximum atomic E-state index is 12.3. The second-order valence-electron chi connectivity index (χ2n) is 7.04. The summed E-state index contributed by atoms with van der Waals surface area (Å²) in [7, 11) is 1.78. The van der Waals surface area contributed by atoms with Gasteiger partial charge in [-0.05, 0) is 47.0 Å². The van der Waals surface area contributed by atoms with Gasteiger partial charge in [0.2, 0.25) is 5.91 Å². The molecule has 1 fully saturated rings.